The predicted octanol–water partition coefficient (Wildman–Crippen LogP) is 1.12. The summed E-state index contributed by atoms with van der Waals surface area (Å²) in [6.45, 7) is 1.96. The minimum Gasteiger partial charge on any atom is -0.394 e. The topological polar surface area (TPSA) is 58.4 Å². The fraction of sp³-hybridized carbons (Fsp3) is 0.462. The molecule has 1 heterocycles. The average Bonchev–Trinajstić information content (AvgIpc) is 3.16. The van der Waals surface area contributed by atoms with E-state index in [0.29, 0.717) is 13.1 Å². The lowest BCUT2D eigenvalue weighted by atomic mass is 10.1. The van der Waals surface area contributed by atoms with Gasteiger partial charge >= 0.3 is 0 Å². The van der Waals surface area contributed by atoms with E-state index in [2.05, 4.69) is 5.32 Å². The highest BCUT2D eigenvalue weighted by Gasteiger charge is 2.51. The van der Waals surface area contributed by atoms with E-state index in [0.717, 1.165) is 25.5 Å². The van der Waals surface area contributed by atoms with E-state index in [-0.39, 0.29) is 11.1 Å². The van der Waals surface area contributed by atoms with Crippen LogP contribution in [0.1, 0.15) is 23.2 Å². The van der Waals surface area contributed by atoms with Gasteiger partial charge in [0.15, 0.2) is 5.82 Å². The first kappa shape index (κ1) is 12.3. The summed E-state index contributed by atoms with van der Waals surface area (Å²) in [6.07, 6.45) is 1.84. The fourth-order valence-electron chi connectivity index (χ4n) is 2.63. The van der Waals surface area contributed by atoms with Gasteiger partial charge in [-0.1, -0.05) is 0 Å². The van der Waals surface area contributed by atoms with Crippen LogP contribution in [0, 0.1) is 11.6 Å². The third-order valence-electron chi connectivity index (χ3n) is 3.97. The van der Waals surface area contributed by atoms with Crippen molar-refractivity contribution in [2.75, 3.05) is 25.4 Å². The normalized spacial score (nSPS) is 20.6. The van der Waals surface area contributed by atoms with Crippen molar-refractivity contribution in [3.8, 4) is 0 Å². The van der Waals surface area contributed by atoms with Crippen molar-refractivity contribution in [3.63, 3.8) is 0 Å². The van der Waals surface area contributed by atoms with Crippen LogP contribution >= 0.6 is 0 Å². The summed E-state index contributed by atoms with van der Waals surface area (Å²) in [5.41, 5.74) is 4.39. The molecule has 0 bridgehead atoms. The molecule has 3 N–H and O–H groups in total. The van der Waals surface area contributed by atoms with E-state index in [9.17, 15) is 13.6 Å². The first-order valence-corrected chi connectivity index (χ1v) is 6.31. The van der Waals surface area contributed by atoms with E-state index in [4.69, 9.17) is 5.73 Å². The van der Waals surface area contributed by atoms with E-state index >= 15 is 0 Å². The molecule has 0 radical (unpaired) electrons. The minimum atomic E-state index is -0.959. The second-order valence-electron chi connectivity index (χ2n) is 5.18. The molecule has 1 aliphatic carbocycles. The maximum Gasteiger partial charge on any atom is 0.257 e. The summed E-state index contributed by atoms with van der Waals surface area (Å²) in [6, 6.07) is 2.20. The number of nitrogens with zero attached hydrogens (tertiary/aromatic N) is 1. The molecule has 1 aromatic rings. The highest BCUT2D eigenvalue weighted by molar-refractivity contribution is 5.96. The van der Waals surface area contributed by atoms with Crippen LogP contribution < -0.4 is 11.1 Å². The van der Waals surface area contributed by atoms with Crippen LogP contribution in [0.5, 0.6) is 0 Å². The molecule has 1 aliphatic heterocycles. The number of rotatable bonds is 1. The number of carbonyl (C=O) groups excluding carboxylic acids is 1. The van der Waals surface area contributed by atoms with Crippen LogP contribution in [0.2, 0.25) is 0 Å². The van der Waals surface area contributed by atoms with Crippen molar-refractivity contribution in [1.29, 1.82) is 0 Å². The molecule has 0 atom stereocenters. The number of anilines is 1. The van der Waals surface area contributed by atoms with Crippen molar-refractivity contribution in [1.82, 2.24) is 10.2 Å². The first-order valence-electron chi connectivity index (χ1n) is 6.31. The van der Waals surface area contributed by atoms with Gasteiger partial charge in [-0.25, -0.2) is 8.78 Å². The largest absolute Gasteiger partial charge is 0.394 e. The molecule has 6 heteroatoms. The monoisotopic (exact) mass is 267 g/mol. The number of hydrogen-bond donors (Lipinski definition) is 2. The zero-order valence-corrected chi connectivity index (χ0v) is 10.4. The third kappa shape index (κ3) is 1.87. The van der Waals surface area contributed by atoms with Gasteiger partial charge in [0.1, 0.15) is 11.5 Å². The molecule has 4 nitrogen and oxygen atoms in total. The molecule has 1 saturated carbocycles. The summed E-state index contributed by atoms with van der Waals surface area (Å²) in [5, 5.41) is 3.24. The van der Waals surface area contributed by atoms with Gasteiger partial charge in [-0.15, -0.1) is 0 Å². The number of halogens is 2. The molecule has 0 aromatic heterocycles. The maximum absolute atomic E-state index is 13.9. The Hall–Kier alpha value is -1.69. The van der Waals surface area contributed by atoms with Gasteiger partial charge in [0, 0.05) is 19.6 Å². The molecule has 2 aliphatic rings. The second kappa shape index (κ2) is 4.16. The summed E-state index contributed by atoms with van der Waals surface area (Å²) in [4.78, 5) is 14.1. The van der Waals surface area contributed by atoms with Crippen molar-refractivity contribution >= 4 is 11.6 Å². The summed E-state index contributed by atoms with van der Waals surface area (Å²) < 4.78 is 27.0. The Morgan fingerprint density at radius 1 is 1.37 bits per heavy atom. The SMILES string of the molecule is Nc1c(F)ccc(C(=O)N2CCNCC23CC3)c1F. The van der Waals surface area contributed by atoms with E-state index in [1.165, 1.54) is 6.07 Å². The van der Waals surface area contributed by atoms with E-state index < -0.39 is 23.2 Å². The first-order chi connectivity index (χ1) is 9.05. The van der Waals surface area contributed by atoms with Crippen LogP contribution in [0.4, 0.5) is 14.5 Å². The van der Waals surface area contributed by atoms with Gasteiger partial charge in [-0.2, -0.15) is 0 Å². The zero-order valence-electron chi connectivity index (χ0n) is 10.4. The maximum atomic E-state index is 13.9. The molecule has 102 valence electrons. The van der Waals surface area contributed by atoms with Gasteiger partial charge < -0.3 is 16.0 Å². The zero-order chi connectivity index (χ0) is 13.6. The molecule has 1 aromatic carbocycles. The minimum absolute atomic E-state index is 0.146. The summed E-state index contributed by atoms with van der Waals surface area (Å²) >= 11 is 0. The molecular formula is C13H15F2N3O. The molecule has 3 rings (SSSR count). The van der Waals surface area contributed by atoms with Crippen molar-refractivity contribution in [2.45, 2.75) is 18.4 Å². The standard InChI is InChI=1S/C13H15F2N3O/c14-9-2-1-8(10(15)11(9)16)12(19)18-6-5-17-7-13(18)3-4-13/h1-2,17H,3-7,16H2. The van der Waals surface area contributed by atoms with Crippen LogP contribution in [0.15, 0.2) is 12.1 Å². The van der Waals surface area contributed by atoms with Gasteiger partial charge in [0.2, 0.25) is 0 Å². The molecule has 2 fully saturated rings. The Labute approximate surface area is 109 Å². The number of amides is 1. The highest BCUT2D eigenvalue weighted by atomic mass is 19.1. The van der Waals surface area contributed by atoms with Gasteiger partial charge in [-0.3, -0.25) is 4.79 Å². The van der Waals surface area contributed by atoms with Gasteiger partial charge in [-0.05, 0) is 25.0 Å². The van der Waals surface area contributed by atoms with Gasteiger partial charge in [0.05, 0.1) is 11.1 Å². The lowest BCUT2D eigenvalue weighted by Gasteiger charge is -2.37. The molecule has 1 saturated heterocycles. The number of piperazine rings is 1. The lowest BCUT2D eigenvalue weighted by Crippen LogP contribution is -2.55. The number of nitrogen functional groups attached to an aromatic ring is 1. The number of benzene rings is 1. The van der Waals surface area contributed by atoms with Gasteiger partial charge in [0.25, 0.3) is 5.91 Å². The number of nitrogens with one attached hydrogen (secondary N) is 1. The van der Waals surface area contributed by atoms with Crippen molar-refractivity contribution in [2.24, 2.45) is 0 Å². The quantitative estimate of drug-likeness (QED) is 0.750. The lowest BCUT2D eigenvalue weighted by molar-refractivity contribution is 0.0596. The van der Waals surface area contributed by atoms with Crippen molar-refractivity contribution < 1.29 is 13.6 Å². The Morgan fingerprint density at radius 3 is 2.79 bits per heavy atom. The predicted molar refractivity (Wildman–Crippen MR) is 66.6 cm³/mol. The second-order valence-corrected chi connectivity index (χ2v) is 5.18. The van der Waals surface area contributed by atoms with E-state index in [1.54, 1.807) is 4.90 Å². The van der Waals surface area contributed by atoms with Crippen LogP contribution in [0.3, 0.4) is 0 Å². The average molecular weight is 267 g/mol. The third-order valence-corrected chi connectivity index (χ3v) is 3.97. The summed E-state index contributed by atoms with van der Waals surface area (Å²) in [7, 11) is 0. The van der Waals surface area contributed by atoms with E-state index in [1.807, 2.05) is 0 Å². The van der Waals surface area contributed by atoms with Crippen molar-refractivity contribution in [3.05, 3.63) is 29.3 Å². The fourth-order valence-corrected chi connectivity index (χ4v) is 2.63. The van der Waals surface area contributed by atoms with Crippen LogP contribution in [-0.2, 0) is 0 Å². The number of nitrogens with two attached hydrogens (primary N) is 1. The molecule has 1 amide bonds. The van der Waals surface area contributed by atoms with Crippen LogP contribution in [-0.4, -0.2) is 36.0 Å². The molecular weight excluding hydrogens is 252 g/mol. The molecule has 1 spiro atoms. The van der Waals surface area contributed by atoms with Crippen LogP contribution in [0.25, 0.3) is 0 Å². The highest BCUT2D eigenvalue weighted by Crippen LogP contribution is 2.43. The Kier molecular flexibility index (Phi) is 2.70. The number of carbonyl (C=O) groups is 1. The Bertz CT molecular complexity index is 543. The smallest absolute Gasteiger partial charge is 0.257 e. The Morgan fingerprint density at radius 2 is 2.11 bits per heavy atom. The molecule has 0 unspecified atom stereocenters. The Balaban J connectivity index is 1.94. The summed E-state index contributed by atoms with van der Waals surface area (Å²) in [5.74, 6) is -2.20. The molecule has 19 heavy (non-hydrogen) atoms. The number of hydrogen-bond acceptors (Lipinski definition) is 3.